The zero-order chi connectivity index (χ0) is 14.8. The molecule has 0 fully saturated rings. The number of rotatable bonds is 3. The van der Waals surface area contributed by atoms with Crippen molar-refractivity contribution in [2.75, 3.05) is 0 Å². The van der Waals surface area contributed by atoms with Crippen molar-refractivity contribution in [3.63, 3.8) is 0 Å². The van der Waals surface area contributed by atoms with Crippen LogP contribution in [0.2, 0.25) is 0 Å². The number of para-hydroxylation sites is 1. The van der Waals surface area contributed by atoms with E-state index >= 15 is 0 Å². The Morgan fingerprint density at radius 2 is 1.45 bits per heavy atom. The minimum atomic E-state index is -4.42. The van der Waals surface area contributed by atoms with Crippen LogP contribution >= 0.6 is 0 Å². The summed E-state index contributed by atoms with van der Waals surface area (Å²) < 4.78 is 31.3. The molecule has 0 aliphatic heterocycles. The lowest BCUT2D eigenvalue weighted by Crippen LogP contribution is -1.97. The van der Waals surface area contributed by atoms with Crippen LogP contribution in [0.4, 0.5) is 11.4 Å². The van der Waals surface area contributed by atoms with Crippen molar-refractivity contribution in [1.29, 1.82) is 0 Å². The molecule has 0 spiro atoms. The van der Waals surface area contributed by atoms with E-state index in [4.69, 9.17) is 4.55 Å². The Bertz CT molecular complexity index is 771. The van der Waals surface area contributed by atoms with Gasteiger partial charge in [0.25, 0.3) is 10.1 Å². The van der Waals surface area contributed by atoms with Crippen molar-refractivity contribution in [1.82, 2.24) is 0 Å². The zero-order valence-electron chi connectivity index (χ0n) is 10.0. The Kier molecular flexibility index (Phi) is 3.68. The molecule has 0 heterocycles. The third-order valence-corrected chi connectivity index (χ3v) is 3.30. The van der Waals surface area contributed by atoms with Gasteiger partial charge in [-0.3, -0.25) is 4.55 Å². The number of phenolic OH excluding ortho intramolecular Hbond substituents is 2. The Labute approximate surface area is 114 Å². The molecule has 104 valence electrons. The van der Waals surface area contributed by atoms with Gasteiger partial charge in [0, 0.05) is 0 Å². The minimum absolute atomic E-state index is 0.0323. The van der Waals surface area contributed by atoms with Crippen molar-refractivity contribution in [2.24, 2.45) is 10.2 Å². The first-order valence-electron chi connectivity index (χ1n) is 5.39. The molecule has 0 bridgehead atoms. The molecule has 20 heavy (non-hydrogen) atoms. The van der Waals surface area contributed by atoms with E-state index in [-0.39, 0.29) is 17.1 Å². The van der Waals surface area contributed by atoms with Crippen LogP contribution in [0.15, 0.2) is 57.6 Å². The van der Waals surface area contributed by atoms with Gasteiger partial charge in [0.2, 0.25) is 0 Å². The fourth-order valence-electron chi connectivity index (χ4n) is 1.47. The molecule has 0 saturated heterocycles. The van der Waals surface area contributed by atoms with Gasteiger partial charge in [0.15, 0.2) is 11.5 Å². The zero-order valence-corrected chi connectivity index (χ0v) is 10.8. The Balaban J connectivity index is 2.45. The Morgan fingerprint density at radius 1 is 0.850 bits per heavy atom. The number of aromatic hydroxyl groups is 2. The van der Waals surface area contributed by atoms with Crippen LogP contribution in [-0.2, 0) is 10.1 Å². The largest absolute Gasteiger partial charge is 0.504 e. The summed E-state index contributed by atoms with van der Waals surface area (Å²) in [6.07, 6.45) is 0. The average molecular weight is 294 g/mol. The number of benzene rings is 2. The predicted molar refractivity (Wildman–Crippen MR) is 70.2 cm³/mol. The van der Waals surface area contributed by atoms with E-state index < -0.39 is 20.8 Å². The maximum absolute atomic E-state index is 11.2. The molecule has 0 aliphatic carbocycles. The van der Waals surface area contributed by atoms with E-state index in [0.717, 1.165) is 0 Å². The maximum Gasteiger partial charge on any atom is 0.296 e. The number of azo groups is 1. The van der Waals surface area contributed by atoms with Gasteiger partial charge in [-0.15, -0.1) is 10.2 Å². The molecule has 0 amide bonds. The van der Waals surface area contributed by atoms with Crippen molar-refractivity contribution in [2.45, 2.75) is 4.90 Å². The standard InChI is InChI=1S/C12H10N2O5S/c15-10-6-3-5-9(12(10)16)14-13-8-4-1-2-7-11(8)20(17,18)19/h1-7,15-16H,(H,17,18,19). The molecule has 3 N–H and O–H groups in total. The van der Waals surface area contributed by atoms with Crippen molar-refractivity contribution in [3.8, 4) is 11.5 Å². The van der Waals surface area contributed by atoms with Gasteiger partial charge in [-0.1, -0.05) is 18.2 Å². The first-order chi connectivity index (χ1) is 9.39. The van der Waals surface area contributed by atoms with E-state index in [0.29, 0.717) is 0 Å². The normalized spacial score (nSPS) is 11.8. The molecule has 0 saturated carbocycles. The Hall–Kier alpha value is -2.45. The quantitative estimate of drug-likeness (QED) is 0.456. The maximum atomic E-state index is 11.2. The van der Waals surface area contributed by atoms with Crippen LogP contribution < -0.4 is 0 Å². The molecular formula is C12H10N2O5S. The summed E-state index contributed by atoms with van der Waals surface area (Å²) in [4.78, 5) is -0.400. The molecule has 2 rings (SSSR count). The number of phenols is 2. The van der Waals surface area contributed by atoms with Crippen LogP contribution in [0.1, 0.15) is 0 Å². The van der Waals surface area contributed by atoms with Gasteiger partial charge < -0.3 is 10.2 Å². The van der Waals surface area contributed by atoms with Crippen LogP contribution in [0, 0.1) is 0 Å². The van der Waals surface area contributed by atoms with E-state index in [2.05, 4.69) is 10.2 Å². The van der Waals surface area contributed by atoms with Gasteiger partial charge in [0.05, 0.1) is 0 Å². The van der Waals surface area contributed by atoms with Crippen LogP contribution in [0.3, 0.4) is 0 Å². The monoisotopic (exact) mass is 294 g/mol. The van der Waals surface area contributed by atoms with Gasteiger partial charge in [-0.25, -0.2) is 0 Å². The van der Waals surface area contributed by atoms with E-state index in [1.807, 2.05) is 0 Å². The van der Waals surface area contributed by atoms with Gasteiger partial charge in [0.1, 0.15) is 16.3 Å². The predicted octanol–water partition coefficient (Wildman–Crippen LogP) is 2.76. The smallest absolute Gasteiger partial charge is 0.296 e. The second kappa shape index (κ2) is 5.27. The summed E-state index contributed by atoms with van der Waals surface area (Å²) in [5, 5.41) is 26.1. The van der Waals surface area contributed by atoms with Crippen molar-refractivity contribution >= 4 is 21.5 Å². The minimum Gasteiger partial charge on any atom is -0.504 e. The lowest BCUT2D eigenvalue weighted by molar-refractivity contribution is 0.404. The first kappa shape index (κ1) is 14.0. The summed E-state index contributed by atoms with van der Waals surface area (Å²) >= 11 is 0. The summed E-state index contributed by atoms with van der Waals surface area (Å²) in [5.41, 5.74) is -0.118. The topological polar surface area (TPSA) is 120 Å². The fourth-order valence-corrected chi connectivity index (χ4v) is 2.09. The lowest BCUT2D eigenvalue weighted by Gasteiger charge is -2.02. The molecule has 7 nitrogen and oxygen atoms in total. The molecule has 2 aromatic carbocycles. The molecule has 0 radical (unpaired) electrons. The highest BCUT2D eigenvalue weighted by atomic mass is 32.2. The second-order valence-electron chi connectivity index (χ2n) is 3.79. The third kappa shape index (κ3) is 2.92. The summed E-state index contributed by atoms with van der Waals surface area (Å²) in [6, 6.07) is 9.55. The van der Waals surface area contributed by atoms with E-state index in [9.17, 15) is 18.6 Å². The SMILES string of the molecule is O=S(=O)(O)c1ccccc1N=Nc1cccc(O)c1O. The summed E-state index contributed by atoms with van der Waals surface area (Å²) in [5.74, 6) is -0.842. The molecule has 0 atom stereocenters. The van der Waals surface area contributed by atoms with Gasteiger partial charge in [-0.2, -0.15) is 8.42 Å². The second-order valence-corrected chi connectivity index (χ2v) is 5.18. The highest BCUT2D eigenvalue weighted by Crippen LogP contribution is 2.36. The van der Waals surface area contributed by atoms with Crippen molar-refractivity contribution in [3.05, 3.63) is 42.5 Å². The molecule has 2 aromatic rings. The summed E-state index contributed by atoms with van der Waals surface area (Å²) in [7, 11) is -4.42. The van der Waals surface area contributed by atoms with Crippen molar-refractivity contribution < 1.29 is 23.2 Å². The molecule has 0 unspecified atom stereocenters. The van der Waals surface area contributed by atoms with E-state index in [1.165, 1.54) is 42.5 Å². The van der Waals surface area contributed by atoms with E-state index in [1.54, 1.807) is 0 Å². The average Bonchev–Trinajstić information content (AvgIpc) is 2.40. The summed E-state index contributed by atoms with van der Waals surface area (Å²) in [6.45, 7) is 0. The number of hydrogen-bond donors (Lipinski definition) is 3. The number of nitrogens with zero attached hydrogens (tertiary/aromatic N) is 2. The van der Waals surface area contributed by atoms with Crippen LogP contribution in [-0.4, -0.2) is 23.2 Å². The van der Waals surface area contributed by atoms with Gasteiger partial charge >= 0.3 is 0 Å². The molecule has 8 heteroatoms. The Morgan fingerprint density at radius 3 is 2.15 bits per heavy atom. The molecular weight excluding hydrogens is 284 g/mol. The van der Waals surface area contributed by atoms with Crippen LogP contribution in [0.5, 0.6) is 11.5 Å². The molecule has 0 aromatic heterocycles. The number of hydrogen-bond acceptors (Lipinski definition) is 6. The molecule has 0 aliphatic rings. The highest BCUT2D eigenvalue weighted by molar-refractivity contribution is 7.86. The fraction of sp³-hybridized carbons (Fsp3) is 0. The first-order valence-corrected chi connectivity index (χ1v) is 6.83. The highest BCUT2D eigenvalue weighted by Gasteiger charge is 2.14. The van der Waals surface area contributed by atoms with Crippen LogP contribution in [0.25, 0.3) is 0 Å². The lowest BCUT2D eigenvalue weighted by atomic mass is 10.3. The third-order valence-electron chi connectivity index (χ3n) is 2.40. The van der Waals surface area contributed by atoms with Gasteiger partial charge in [-0.05, 0) is 24.3 Å².